The molecule has 7 nitrogen and oxygen atoms in total. The van der Waals surface area contributed by atoms with Gasteiger partial charge in [0.25, 0.3) is 0 Å². The topological polar surface area (TPSA) is 76.3 Å². The van der Waals surface area contributed by atoms with E-state index in [4.69, 9.17) is 9.15 Å². The van der Waals surface area contributed by atoms with Gasteiger partial charge in [-0.25, -0.2) is 9.97 Å². The van der Waals surface area contributed by atoms with E-state index in [0.29, 0.717) is 30.5 Å². The summed E-state index contributed by atoms with van der Waals surface area (Å²) in [5.74, 6) is 1.38. The second-order valence-corrected chi connectivity index (χ2v) is 4.86. The Hall–Kier alpha value is -2.41. The normalized spacial score (nSPS) is 15.8. The second-order valence-electron chi connectivity index (χ2n) is 4.86. The standard InChI is InChI=1S/C14H15N5O2/c1-15-14-17-10-9-3-2-4-16-13(9)21-11(10)12(18-14)19-5-7-20-8-6-19/h2-4H,5-8H2,1H3,(H,15,17,18). The smallest absolute Gasteiger partial charge is 0.229 e. The molecule has 3 aromatic rings. The van der Waals surface area contributed by atoms with E-state index in [-0.39, 0.29) is 0 Å². The molecule has 4 heterocycles. The Bertz CT molecular complexity index is 795. The Labute approximate surface area is 120 Å². The molecule has 0 atom stereocenters. The summed E-state index contributed by atoms with van der Waals surface area (Å²) < 4.78 is 11.3. The molecule has 7 heteroatoms. The molecule has 0 bridgehead atoms. The van der Waals surface area contributed by atoms with Crippen LogP contribution in [0.1, 0.15) is 0 Å². The van der Waals surface area contributed by atoms with Crippen molar-refractivity contribution in [1.82, 2.24) is 15.0 Å². The lowest BCUT2D eigenvalue weighted by Crippen LogP contribution is -2.37. The summed E-state index contributed by atoms with van der Waals surface area (Å²) in [6.45, 7) is 2.97. The summed E-state index contributed by atoms with van der Waals surface area (Å²) in [5.41, 5.74) is 2.06. The van der Waals surface area contributed by atoms with E-state index in [2.05, 4.69) is 25.2 Å². The van der Waals surface area contributed by atoms with Crippen LogP contribution in [-0.2, 0) is 4.74 Å². The fourth-order valence-corrected chi connectivity index (χ4v) is 2.57. The summed E-state index contributed by atoms with van der Waals surface area (Å²) in [6, 6.07) is 3.84. The number of hydrogen-bond acceptors (Lipinski definition) is 7. The summed E-state index contributed by atoms with van der Waals surface area (Å²) in [5, 5.41) is 3.91. The van der Waals surface area contributed by atoms with Crippen LogP contribution in [0.3, 0.4) is 0 Å². The SMILES string of the molecule is CNc1nc(N2CCOCC2)c2oc3ncccc3c2n1. The van der Waals surface area contributed by atoms with Crippen molar-refractivity contribution in [3.63, 3.8) is 0 Å². The predicted octanol–water partition coefficient (Wildman–Crippen LogP) is 1.65. The summed E-state index contributed by atoms with van der Waals surface area (Å²) in [4.78, 5) is 15.5. The average Bonchev–Trinajstić information content (AvgIpc) is 2.93. The zero-order valence-corrected chi connectivity index (χ0v) is 11.7. The molecule has 0 saturated carbocycles. The number of anilines is 2. The fourth-order valence-electron chi connectivity index (χ4n) is 2.57. The lowest BCUT2D eigenvalue weighted by Gasteiger charge is -2.27. The van der Waals surface area contributed by atoms with E-state index in [1.165, 1.54) is 0 Å². The van der Waals surface area contributed by atoms with E-state index >= 15 is 0 Å². The number of nitrogens with zero attached hydrogens (tertiary/aromatic N) is 4. The predicted molar refractivity (Wildman–Crippen MR) is 79.7 cm³/mol. The number of morpholine rings is 1. The maximum absolute atomic E-state index is 5.89. The van der Waals surface area contributed by atoms with Crippen LogP contribution in [0.2, 0.25) is 0 Å². The highest BCUT2D eigenvalue weighted by molar-refractivity contribution is 6.05. The number of fused-ring (bicyclic) bond motifs is 3. The summed E-state index contributed by atoms with van der Waals surface area (Å²) in [6.07, 6.45) is 1.71. The largest absolute Gasteiger partial charge is 0.432 e. The average molecular weight is 285 g/mol. The maximum Gasteiger partial charge on any atom is 0.229 e. The Morgan fingerprint density at radius 1 is 1.24 bits per heavy atom. The van der Waals surface area contributed by atoms with E-state index in [9.17, 15) is 0 Å². The monoisotopic (exact) mass is 285 g/mol. The van der Waals surface area contributed by atoms with Crippen molar-refractivity contribution >= 4 is 34.0 Å². The van der Waals surface area contributed by atoms with Gasteiger partial charge in [-0.1, -0.05) is 0 Å². The lowest BCUT2D eigenvalue weighted by molar-refractivity contribution is 0.122. The molecule has 4 rings (SSSR count). The third-order valence-corrected chi connectivity index (χ3v) is 3.61. The molecule has 0 spiro atoms. The number of aromatic nitrogens is 3. The van der Waals surface area contributed by atoms with E-state index in [1.54, 1.807) is 6.20 Å². The van der Waals surface area contributed by atoms with Crippen LogP contribution in [0.4, 0.5) is 11.8 Å². The zero-order valence-electron chi connectivity index (χ0n) is 11.7. The van der Waals surface area contributed by atoms with Crippen LogP contribution in [0, 0.1) is 0 Å². The first kappa shape index (κ1) is 12.3. The number of hydrogen-bond donors (Lipinski definition) is 1. The van der Waals surface area contributed by atoms with Crippen molar-refractivity contribution in [3.05, 3.63) is 18.3 Å². The van der Waals surface area contributed by atoms with Crippen LogP contribution in [0.25, 0.3) is 22.2 Å². The number of ether oxygens (including phenoxy) is 1. The lowest BCUT2D eigenvalue weighted by atomic mass is 10.3. The van der Waals surface area contributed by atoms with E-state index in [1.807, 2.05) is 19.2 Å². The van der Waals surface area contributed by atoms with Crippen molar-refractivity contribution < 1.29 is 9.15 Å². The fraction of sp³-hybridized carbons (Fsp3) is 0.357. The minimum absolute atomic E-state index is 0.579. The minimum atomic E-state index is 0.579. The maximum atomic E-state index is 5.89. The Kier molecular flexibility index (Phi) is 2.85. The van der Waals surface area contributed by atoms with E-state index < -0.39 is 0 Å². The van der Waals surface area contributed by atoms with Gasteiger partial charge in [0, 0.05) is 26.3 Å². The molecule has 108 valence electrons. The highest BCUT2D eigenvalue weighted by Crippen LogP contribution is 2.33. The van der Waals surface area contributed by atoms with Gasteiger partial charge in [0.05, 0.1) is 18.6 Å². The molecule has 21 heavy (non-hydrogen) atoms. The molecule has 1 saturated heterocycles. The molecular formula is C14H15N5O2. The molecule has 1 N–H and O–H groups in total. The van der Waals surface area contributed by atoms with Gasteiger partial charge < -0.3 is 19.4 Å². The number of pyridine rings is 1. The summed E-state index contributed by atoms with van der Waals surface area (Å²) >= 11 is 0. The van der Waals surface area contributed by atoms with Crippen molar-refractivity contribution in [2.45, 2.75) is 0 Å². The molecule has 0 radical (unpaired) electrons. The Morgan fingerprint density at radius 2 is 2.10 bits per heavy atom. The van der Waals surface area contributed by atoms with Gasteiger partial charge in [0.2, 0.25) is 11.7 Å². The van der Waals surface area contributed by atoms with Gasteiger partial charge >= 0.3 is 0 Å². The number of furan rings is 1. The first-order valence-electron chi connectivity index (χ1n) is 6.92. The molecule has 0 unspecified atom stereocenters. The third kappa shape index (κ3) is 1.97. The molecular weight excluding hydrogens is 270 g/mol. The van der Waals surface area contributed by atoms with Gasteiger partial charge in [0.1, 0.15) is 5.52 Å². The van der Waals surface area contributed by atoms with Crippen molar-refractivity contribution in [2.75, 3.05) is 43.6 Å². The van der Waals surface area contributed by atoms with Crippen LogP contribution in [0.15, 0.2) is 22.7 Å². The molecule has 0 amide bonds. The molecule has 1 aliphatic rings. The minimum Gasteiger partial charge on any atom is -0.432 e. The van der Waals surface area contributed by atoms with Crippen molar-refractivity contribution in [3.8, 4) is 0 Å². The van der Waals surface area contributed by atoms with Gasteiger partial charge in [-0.15, -0.1) is 0 Å². The van der Waals surface area contributed by atoms with Crippen molar-refractivity contribution in [1.29, 1.82) is 0 Å². The second kappa shape index (κ2) is 4.85. The number of nitrogens with one attached hydrogen (secondary N) is 1. The van der Waals surface area contributed by atoms with Gasteiger partial charge in [-0.05, 0) is 12.1 Å². The molecule has 1 fully saturated rings. The Balaban J connectivity index is 1.99. The zero-order chi connectivity index (χ0) is 14.2. The van der Waals surface area contributed by atoms with Crippen LogP contribution >= 0.6 is 0 Å². The molecule has 0 aliphatic carbocycles. The van der Waals surface area contributed by atoms with E-state index in [0.717, 1.165) is 29.8 Å². The molecule has 1 aliphatic heterocycles. The Morgan fingerprint density at radius 3 is 2.90 bits per heavy atom. The summed E-state index contributed by atoms with van der Waals surface area (Å²) in [7, 11) is 1.81. The highest BCUT2D eigenvalue weighted by atomic mass is 16.5. The first-order valence-corrected chi connectivity index (χ1v) is 6.92. The first-order chi connectivity index (χ1) is 10.4. The van der Waals surface area contributed by atoms with Crippen LogP contribution in [-0.4, -0.2) is 48.3 Å². The quantitative estimate of drug-likeness (QED) is 0.767. The van der Waals surface area contributed by atoms with Gasteiger partial charge in [-0.2, -0.15) is 4.98 Å². The van der Waals surface area contributed by atoms with Crippen LogP contribution < -0.4 is 10.2 Å². The highest BCUT2D eigenvalue weighted by Gasteiger charge is 2.21. The molecule has 3 aromatic heterocycles. The van der Waals surface area contributed by atoms with Gasteiger partial charge in [0.15, 0.2) is 11.4 Å². The van der Waals surface area contributed by atoms with Gasteiger partial charge in [-0.3, -0.25) is 0 Å². The number of rotatable bonds is 2. The molecule has 0 aromatic carbocycles. The van der Waals surface area contributed by atoms with Crippen LogP contribution in [0.5, 0.6) is 0 Å². The third-order valence-electron chi connectivity index (χ3n) is 3.61. The van der Waals surface area contributed by atoms with Crippen molar-refractivity contribution in [2.24, 2.45) is 0 Å².